The summed E-state index contributed by atoms with van der Waals surface area (Å²) < 4.78 is 2.11. The quantitative estimate of drug-likeness (QED) is 0.531. The maximum absolute atomic E-state index is 6.11. The van der Waals surface area contributed by atoms with Gasteiger partial charge < -0.3 is 4.57 Å². The minimum Gasteiger partial charge on any atom is -0.325 e. The molecule has 0 saturated carbocycles. The molecule has 3 nitrogen and oxygen atoms in total. The highest BCUT2D eigenvalue weighted by molar-refractivity contribution is 6.33. The van der Waals surface area contributed by atoms with Crippen LogP contribution in [-0.2, 0) is 0 Å². The van der Waals surface area contributed by atoms with Crippen LogP contribution < -0.4 is 0 Å². The first-order valence-corrected chi connectivity index (χ1v) is 7.30. The minimum atomic E-state index is 0.150. The van der Waals surface area contributed by atoms with Gasteiger partial charge in [-0.3, -0.25) is 0 Å². The van der Waals surface area contributed by atoms with Crippen molar-refractivity contribution in [1.29, 1.82) is 0 Å². The Bertz CT molecular complexity index is 709. The average Bonchev–Trinajstić information content (AvgIpc) is 2.91. The van der Waals surface area contributed by atoms with Crippen LogP contribution in [0.3, 0.4) is 0 Å². The number of hydrogen-bond acceptors (Lipinski definition) is 2. The van der Waals surface area contributed by atoms with Gasteiger partial charge in [0.1, 0.15) is 17.1 Å². The van der Waals surface area contributed by atoms with Gasteiger partial charge in [0.25, 0.3) is 0 Å². The SMILES string of the molecule is ClCCC(c1ccccc1)n1ccc2c(Cl)ncnc21. The fourth-order valence-electron chi connectivity index (χ4n) is 2.44. The van der Waals surface area contributed by atoms with Crippen LogP contribution in [0.5, 0.6) is 0 Å². The lowest BCUT2D eigenvalue weighted by Crippen LogP contribution is -2.11. The van der Waals surface area contributed by atoms with E-state index in [1.165, 1.54) is 11.9 Å². The second-order valence-electron chi connectivity index (χ2n) is 4.53. The summed E-state index contributed by atoms with van der Waals surface area (Å²) >= 11 is 12.1. The van der Waals surface area contributed by atoms with E-state index in [0.29, 0.717) is 11.0 Å². The second-order valence-corrected chi connectivity index (χ2v) is 5.26. The van der Waals surface area contributed by atoms with Crippen molar-refractivity contribution < 1.29 is 0 Å². The number of benzene rings is 1. The van der Waals surface area contributed by atoms with E-state index >= 15 is 0 Å². The lowest BCUT2D eigenvalue weighted by molar-refractivity contribution is 0.584. The summed E-state index contributed by atoms with van der Waals surface area (Å²) in [5.41, 5.74) is 2.05. The third-order valence-corrected chi connectivity index (χ3v) is 3.88. The van der Waals surface area contributed by atoms with Gasteiger partial charge in [0.2, 0.25) is 0 Å². The summed E-state index contributed by atoms with van der Waals surface area (Å²) in [4.78, 5) is 8.37. The molecule has 1 unspecified atom stereocenters. The molecule has 5 heteroatoms. The second kappa shape index (κ2) is 5.81. The van der Waals surface area contributed by atoms with Crippen molar-refractivity contribution in [2.24, 2.45) is 0 Å². The molecule has 2 heterocycles. The number of nitrogens with zero attached hydrogens (tertiary/aromatic N) is 3. The van der Waals surface area contributed by atoms with Gasteiger partial charge in [-0.1, -0.05) is 41.9 Å². The van der Waals surface area contributed by atoms with Gasteiger partial charge in [-0.15, -0.1) is 11.6 Å². The third-order valence-electron chi connectivity index (χ3n) is 3.36. The predicted molar refractivity (Wildman–Crippen MR) is 82.5 cm³/mol. The fourth-order valence-corrected chi connectivity index (χ4v) is 2.83. The molecule has 0 amide bonds. The molecule has 102 valence electrons. The molecule has 1 atom stereocenters. The van der Waals surface area contributed by atoms with Crippen LogP contribution in [0.2, 0.25) is 5.15 Å². The number of aromatic nitrogens is 3. The van der Waals surface area contributed by atoms with E-state index in [1.807, 2.05) is 30.5 Å². The largest absolute Gasteiger partial charge is 0.325 e. The first-order chi connectivity index (χ1) is 9.81. The molecule has 1 aromatic carbocycles. The van der Waals surface area contributed by atoms with Crippen LogP contribution in [0, 0.1) is 0 Å². The highest BCUT2D eigenvalue weighted by atomic mass is 35.5. The monoisotopic (exact) mass is 305 g/mol. The van der Waals surface area contributed by atoms with E-state index in [-0.39, 0.29) is 6.04 Å². The van der Waals surface area contributed by atoms with Gasteiger partial charge >= 0.3 is 0 Å². The van der Waals surface area contributed by atoms with Crippen LogP contribution >= 0.6 is 23.2 Å². The lowest BCUT2D eigenvalue weighted by Gasteiger charge is -2.19. The first kappa shape index (κ1) is 13.4. The molecule has 0 N–H and O–H groups in total. The zero-order chi connectivity index (χ0) is 13.9. The number of halogens is 2. The topological polar surface area (TPSA) is 30.7 Å². The van der Waals surface area contributed by atoms with Gasteiger partial charge in [-0.25, -0.2) is 9.97 Å². The normalized spacial score (nSPS) is 12.7. The van der Waals surface area contributed by atoms with Crippen molar-refractivity contribution in [2.75, 3.05) is 5.88 Å². The summed E-state index contributed by atoms with van der Waals surface area (Å²) in [5.74, 6) is 0.581. The van der Waals surface area contributed by atoms with Gasteiger partial charge in [0.15, 0.2) is 0 Å². The number of hydrogen-bond donors (Lipinski definition) is 0. The Hall–Kier alpha value is -1.58. The van der Waals surface area contributed by atoms with Crippen molar-refractivity contribution in [2.45, 2.75) is 12.5 Å². The van der Waals surface area contributed by atoms with E-state index in [1.54, 1.807) is 0 Å². The maximum Gasteiger partial charge on any atom is 0.145 e. The van der Waals surface area contributed by atoms with Gasteiger partial charge in [0, 0.05) is 12.1 Å². The molecular formula is C15H13Cl2N3. The van der Waals surface area contributed by atoms with Gasteiger partial charge in [-0.2, -0.15) is 0 Å². The molecule has 0 bridgehead atoms. The van der Waals surface area contributed by atoms with E-state index in [4.69, 9.17) is 23.2 Å². The zero-order valence-corrected chi connectivity index (χ0v) is 12.2. The molecule has 3 rings (SSSR count). The Balaban J connectivity index is 2.13. The van der Waals surface area contributed by atoms with E-state index in [0.717, 1.165) is 17.5 Å². The summed E-state index contributed by atoms with van der Waals surface area (Å²) in [7, 11) is 0. The maximum atomic E-state index is 6.11. The molecule has 20 heavy (non-hydrogen) atoms. The van der Waals surface area contributed by atoms with Crippen LogP contribution in [0.15, 0.2) is 48.9 Å². The minimum absolute atomic E-state index is 0.150. The van der Waals surface area contributed by atoms with Gasteiger partial charge in [-0.05, 0) is 18.1 Å². The third kappa shape index (κ3) is 2.39. The molecule has 0 spiro atoms. The summed E-state index contributed by atoms with van der Waals surface area (Å²) in [6, 6.07) is 12.4. The predicted octanol–water partition coefficient (Wildman–Crippen LogP) is 4.30. The van der Waals surface area contributed by atoms with Crippen LogP contribution in [0.1, 0.15) is 18.0 Å². The summed E-state index contributed by atoms with van der Waals surface area (Å²) in [6.07, 6.45) is 4.32. The summed E-state index contributed by atoms with van der Waals surface area (Å²) in [5, 5.41) is 1.34. The molecule has 0 aliphatic rings. The number of rotatable bonds is 4. The molecular weight excluding hydrogens is 293 g/mol. The molecule has 0 fully saturated rings. The lowest BCUT2D eigenvalue weighted by atomic mass is 10.0. The van der Waals surface area contributed by atoms with Crippen molar-refractivity contribution in [3.05, 3.63) is 59.6 Å². The van der Waals surface area contributed by atoms with Crippen molar-refractivity contribution in [1.82, 2.24) is 14.5 Å². The highest BCUT2D eigenvalue weighted by Crippen LogP contribution is 2.29. The highest BCUT2D eigenvalue weighted by Gasteiger charge is 2.16. The summed E-state index contributed by atoms with van der Waals surface area (Å²) in [6.45, 7) is 0. The van der Waals surface area contributed by atoms with Crippen LogP contribution in [0.25, 0.3) is 11.0 Å². The van der Waals surface area contributed by atoms with Crippen molar-refractivity contribution >= 4 is 34.2 Å². The van der Waals surface area contributed by atoms with Crippen LogP contribution in [-0.4, -0.2) is 20.4 Å². The number of fused-ring (bicyclic) bond motifs is 1. The molecule has 0 saturated heterocycles. The molecule has 3 aromatic rings. The molecule has 2 aromatic heterocycles. The Morgan fingerprint density at radius 2 is 1.90 bits per heavy atom. The standard InChI is InChI=1S/C15H13Cl2N3/c16-8-6-13(11-4-2-1-3-5-11)20-9-7-12-14(17)18-10-19-15(12)20/h1-5,7,9-10,13H,6,8H2. The average molecular weight is 306 g/mol. The Labute approximate surface area is 127 Å². The molecule has 0 aliphatic heterocycles. The van der Waals surface area contributed by atoms with Crippen molar-refractivity contribution in [3.8, 4) is 0 Å². The van der Waals surface area contributed by atoms with Crippen molar-refractivity contribution in [3.63, 3.8) is 0 Å². The zero-order valence-electron chi connectivity index (χ0n) is 10.7. The fraction of sp³-hybridized carbons (Fsp3) is 0.200. The van der Waals surface area contributed by atoms with E-state index in [2.05, 4.69) is 26.7 Å². The van der Waals surface area contributed by atoms with Gasteiger partial charge in [0.05, 0.1) is 11.4 Å². The van der Waals surface area contributed by atoms with E-state index < -0.39 is 0 Å². The molecule has 0 radical (unpaired) electrons. The van der Waals surface area contributed by atoms with E-state index in [9.17, 15) is 0 Å². The Kier molecular flexibility index (Phi) is 3.90. The Morgan fingerprint density at radius 1 is 1.10 bits per heavy atom. The smallest absolute Gasteiger partial charge is 0.145 e. The first-order valence-electron chi connectivity index (χ1n) is 6.39. The molecule has 0 aliphatic carbocycles. The number of alkyl halides is 1. The Morgan fingerprint density at radius 3 is 2.65 bits per heavy atom. The van der Waals surface area contributed by atoms with Crippen LogP contribution in [0.4, 0.5) is 0 Å².